The van der Waals surface area contributed by atoms with Gasteiger partial charge in [-0.1, -0.05) is 48.2 Å². The van der Waals surface area contributed by atoms with E-state index in [0.29, 0.717) is 21.9 Å². The van der Waals surface area contributed by atoms with Gasteiger partial charge in [0.1, 0.15) is 23.2 Å². The van der Waals surface area contributed by atoms with Crippen molar-refractivity contribution in [3.05, 3.63) is 94.7 Å². The van der Waals surface area contributed by atoms with Gasteiger partial charge in [0.05, 0.1) is 22.3 Å². The normalized spacial score (nSPS) is 10.9. The van der Waals surface area contributed by atoms with Crippen LogP contribution in [-0.2, 0) is 4.79 Å². The Labute approximate surface area is 196 Å². The molecule has 1 amide bonds. The second kappa shape index (κ2) is 8.84. The fourth-order valence-corrected chi connectivity index (χ4v) is 4.41. The minimum absolute atomic E-state index is 0.00774. The molecule has 166 valence electrons. The Balaban J connectivity index is 1.50. The van der Waals surface area contributed by atoms with E-state index in [4.69, 9.17) is 4.42 Å². The number of thioether (sulfide) groups is 1. The molecule has 3 aromatic carbocycles. The highest BCUT2D eigenvalue weighted by Gasteiger charge is 2.19. The van der Waals surface area contributed by atoms with Crippen molar-refractivity contribution in [2.45, 2.75) is 5.16 Å². The van der Waals surface area contributed by atoms with Crippen molar-refractivity contribution >= 4 is 45.2 Å². The van der Waals surface area contributed by atoms with E-state index >= 15 is 0 Å². The number of carbonyl (C=O) groups is 1. The number of fused-ring (bicyclic) bond motifs is 2. The molecule has 0 saturated carbocycles. The van der Waals surface area contributed by atoms with E-state index in [2.05, 4.69) is 10.3 Å². The van der Waals surface area contributed by atoms with Crippen molar-refractivity contribution in [1.82, 2.24) is 9.55 Å². The number of nitrogens with one attached hydrogen (secondary N) is 1. The van der Waals surface area contributed by atoms with Crippen LogP contribution in [0.5, 0.6) is 0 Å². The zero-order chi connectivity index (χ0) is 23.7. The highest BCUT2D eigenvalue weighted by Crippen LogP contribution is 2.31. The van der Waals surface area contributed by atoms with Gasteiger partial charge in [-0.3, -0.25) is 14.2 Å². The Morgan fingerprint density at radius 2 is 1.76 bits per heavy atom. The smallest absolute Gasteiger partial charge is 0.266 e. The molecule has 34 heavy (non-hydrogen) atoms. The molecule has 1 N–H and O–H groups in total. The number of amides is 1. The molecule has 0 aliphatic carbocycles. The summed E-state index contributed by atoms with van der Waals surface area (Å²) in [5.41, 5.74) is 0.802. The van der Waals surface area contributed by atoms with E-state index < -0.39 is 17.3 Å². The van der Waals surface area contributed by atoms with Gasteiger partial charge in [0.15, 0.2) is 5.16 Å². The van der Waals surface area contributed by atoms with Crippen LogP contribution >= 0.6 is 11.8 Å². The maximum atomic E-state index is 14.6. The number of aromatic nitrogens is 2. The van der Waals surface area contributed by atoms with Crippen LogP contribution in [0.1, 0.15) is 5.76 Å². The topological polar surface area (TPSA) is 101 Å². The van der Waals surface area contributed by atoms with Crippen molar-refractivity contribution in [3.63, 3.8) is 0 Å². The number of halogens is 1. The van der Waals surface area contributed by atoms with Crippen LogP contribution in [-0.4, -0.2) is 21.2 Å². The third-order valence-corrected chi connectivity index (χ3v) is 6.07. The fraction of sp³-hybridized carbons (Fsp3) is 0.0400. The van der Waals surface area contributed by atoms with Crippen LogP contribution in [0.3, 0.4) is 0 Å². The van der Waals surface area contributed by atoms with E-state index in [1.165, 1.54) is 22.8 Å². The summed E-state index contributed by atoms with van der Waals surface area (Å²) >= 11 is 0.988. The number of benzene rings is 3. The SMILES string of the molecule is N#Cc1oc2ccccc2c1NC(=O)CSc1nc2ccccc2c(=O)n1-c1ccccc1F. The second-order valence-electron chi connectivity index (χ2n) is 7.25. The monoisotopic (exact) mass is 470 g/mol. The fourth-order valence-electron chi connectivity index (χ4n) is 3.61. The second-order valence-corrected chi connectivity index (χ2v) is 8.20. The van der Waals surface area contributed by atoms with Crippen molar-refractivity contribution in [2.24, 2.45) is 0 Å². The molecule has 0 unspecified atom stereocenters. The first-order chi connectivity index (χ1) is 16.6. The number of rotatable bonds is 5. The molecule has 0 fully saturated rings. The molecule has 7 nitrogen and oxygen atoms in total. The zero-order valence-electron chi connectivity index (χ0n) is 17.5. The molecule has 2 heterocycles. The summed E-state index contributed by atoms with van der Waals surface area (Å²) in [5, 5.41) is 13.2. The molecular formula is C25H15FN4O3S. The molecule has 2 aromatic heterocycles. The van der Waals surface area contributed by atoms with Crippen LogP contribution < -0.4 is 10.9 Å². The number of hydrogen-bond acceptors (Lipinski definition) is 6. The summed E-state index contributed by atoms with van der Waals surface area (Å²) in [6, 6.07) is 21.6. The van der Waals surface area contributed by atoms with E-state index in [0.717, 1.165) is 11.8 Å². The first-order valence-corrected chi connectivity index (χ1v) is 11.2. The highest BCUT2D eigenvalue weighted by molar-refractivity contribution is 7.99. The van der Waals surface area contributed by atoms with Crippen LogP contribution in [0.2, 0.25) is 0 Å². The Morgan fingerprint density at radius 3 is 2.56 bits per heavy atom. The quantitative estimate of drug-likeness (QED) is 0.290. The van der Waals surface area contributed by atoms with Gasteiger partial charge in [0, 0.05) is 5.39 Å². The van der Waals surface area contributed by atoms with E-state index in [1.54, 1.807) is 54.6 Å². The van der Waals surface area contributed by atoms with E-state index in [-0.39, 0.29) is 28.0 Å². The highest BCUT2D eigenvalue weighted by atomic mass is 32.2. The molecule has 9 heteroatoms. The third-order valence-electron chi connectivity index (χ3n) is 5.13. The number of nitriles is 1. The van der Waals surface area contributed by atoms with E-state index in [1.807, 2.05) is 6.07 Å². The van der Waals surface area contributed by atoms with Crippen molar-refractivity contribution < 1.29 is 13.6 Å². The first-order valence-electron chi connectivity index (χ1n) is 10.2. The van der Waals surface area contributed by atoms with Crippen molar-refractivity contribution in [1.29, 1.82) is 5.26 Å². The zero-order valence-corrected chi connectivity index (χ0v) is 18.3. The standard InChI is InChI=1S/C25H15FN4O3S/c26-17-9-3-5-11-19(17)30-24(32)15-7-1-4-10-18(15)28-25(30)34-14-22(31)29-23-16-8-2-6-12-20(16)33-21(23)13-27/h1-12H,14H2,(H,29,31). The lowest BCUT2D eigenvalue weighted by atomic mass is 10.2. The Kier molecular flexibility index (Phi) is 5.57. The van der Waals surface area contributed by atoms with Gasteiger partial charge in [-0.2, -0.15) is 5.26 Å². The van der Waals surface area contributed by atoms with Crippen LogP contribution in [0.4, 0.5) is 10.1 Å². The predicted molar refractivity (Wildman–Crippen MR) is 128 cm³/mol. The van der Waals surface area contributed by atoms with Crippen LogP contribution in [0, 0.1) is 17.1 Å². The summed E-state index contributed by atoms with van der Waals surface area (Å²) in [6.45, 7) is 0. The summed E-state index contributed by atoms with van der Waals surface area (Å²) in [5.74, 6) is -1.16. The lowest BCUT2D eigenvalue weighted by Crippen LogP contribution is -2.23. The van der Waals surface area contributed by atoms with Crippen molar-refractivity contribution in [3.8, 4) is 11.8 Å². The average Bonchev–Trinajstić information content (AvgIpc) is 3.21. The minimum Gasteiger partial charge on any atom is -0.443 e. The molecule has 5 aromatic rings. The lowest BCUT2D eigenvalue weighted by Gasteiger charge is -2.13. The Morgan fingerprint density at radius 1 is 1.06 bits per heavy atom. The van der Waals surface area contributed by atoms with Gasteiger partial charge in [-0.25, -0.2) is 9.37 Å². The number of hydrogen-bond donors (Lipinski definition) is 1. The van der Waals surface area contributed by atoms with Gasteiger partial charge in [-0.15, -0.1) is 0 Å². The molecule has 0 aliphatic heterocycles. The largest absolute Gasteiger partial charge is 0.443 e. The molecular weight excluding hydrogens is 455 g/mol. The number of carbonyl (C=O) groups excluding carboxylic acids is 1. The molecule has 5 rings (SSSR count). The number of furan rings is 1. The Hall–Kier alpha value is -4.42. The molecule has 0 atom stereocenters. The maximum absolute atomic E-state index is 14.6. The van der Waals surface area contributed by atoms with Crippen molar-refractivity contribution in [2.75, 3.05) is 11.1 Å². The number of nitrogens with zero attached hydrogens (tertiary/aromatic N) is 3. The molecule has 0 saturated heterocycles. The van der Waals surface area contributed by atoms with Crippen LogP contribution in [0.25, 0.3) is 27.6 Å². The molecule has 0 spiro atoms. The summed E-state index contributed by atoms with van der Waals surface area (Å²) < 4.78 is 21.3. The van der Waals surface area contributed by atoms with Crippen LogP contribution in [0.15, 0.2) is 87.2 Å². The van der Waals surface area contributed by atoms with Gasteiger partial charge >= 0.3 is 0 Å². The molecule has 0 bridgehead atoms. The third kappa shape index (κ3) is 3.80. The Bertz CT molecular complexity index is 1670. The molecule has 0 aliphatic rings. The number of para-hydroxylation sites is 3. The summed E-state index contributed by atoms with van der Waals surface area (Å²) in [6.07, 6.45) is 0. The average molecular weight is 470 g/mol. The van der Waals surface area contributed by atoms with Gasteiger partial charge < -0.3 is 9.73 Å². The first kappa shape index (κ1) is 21.4. The van der Waals surface area contributed by atoms with Gasteiger partial charge in [-0.05, 0) is 36.4 Å². The lowest BCUT2D eigenvalue weighted by molar-refractivity contribution is -0.113. The summed E-state index contributed by atoms with van der Waals surface area (Å²) in [4.78, 5) is 30.5. The van der Waals surface area contributed by atoms with Gasteiger partial charge in [0.2, 0.25) is 11.7 Å². The number of anilines is 1. The maximum Gasteiger partial charge on any atom is 0.266 e. The van der Waals surface area contributed by atoms with E-state index in [9.17, 15) is 19.2 Å². The summed E-state index contributed by atoms with van der Waals surface area (Å²) in [7, 11) is 0. The predicted octanol–water partition coefficient (Wildman–Crippen LogP) is 4.87. The minimum atomic E-state index is -0.587. The molecule has 0 radical (unpaired) electrons. The van der Waals surface area contributed by atoms with Gasteiger partial charge in [0.25, 0.3) is 5.56 Å².